The topological polar surface area (TPSA) is 80.3 Å². The highest BCUT2D eigenvalue weighted by molar-refractivity contribution is 5.88. The van der Waals surface area contributed by atoms with E-state index in [1.165, 1.54) is 6.42 Å². The summed E-state index contributed by atoms with van der Waals surface area (Å²) in [6.45, 7) is 7.42. The second-order valence-electron chi connectivity index (χ2n) is 7.64. The van der Waals surface area contributed by atoms with Gasteiger partial charge in [-0.15, -0.1) is 0 Å². The molecule has 1 saturated carbocycles. The van der Waals surface area contributed by atoms with Gasteiger partial charge in [-0.25, -0.2) is 14.8 Å². The molecule has 0 aromatic heterocycles. The SMILES string of the molecule is CC(C)(C)OC(=O)N1C[C@@H]2C(CC[C@@H]3CC=NC(N)=N3)[C@@H]2C1. The first-order valence-corrected chi connectivity index (χ1v) is 8.17. The van der Waals surface area contributed by atoms with Crippen LogP contribution in [0.1, 0.15) is 40.0 Å². The van der Waals surface area contributed by atoms with Gasteiger partial charge in [0.05, 0.1) is 6.04 Å². The summed E-state index contributed by atoms with van der Waals surface area (Å²) in [7, 11) is 0. The van der Waals surface area contributed by atoms with Crippen LogP contribution in [-0.4, -0.2) is 47.9 Å². The molecule has 0 aromatic rings. The average Bonchev–Trinajstić information content (AvgIpc) is 2.86. The Morgan fingerprint density at radius 2 is 2.05 bits per heavy atom. The molecular formula is C16H26N4O2. The molecule has 122 valence electrons. The highest BCUT2D eigenvalue weighted by atomic mass is 16.6. The Morgan fingerprint density at radius 3 is 2.64 bits per heavy atom. The average molecular weight is 306 g/mol. The number of nitrogens with two attached hydrogens (primary N) is 1. The molecule has 6 nitrogen and oxygen atoms in total. The predicted molar refractivity (Wildman–Crippen MR) is 86.0 cm³/mol. The lowest BCUT2D eigenvalue weighted by atomic mass is 10.0. The second kappa shape index (κ2) is 5.56. The zero-order valence-electron chi connectivity index (χ0n) is 13.7. The van der Waals surface area contributed by atoms with Gasteiger partial charge in [-0.2, -0.15) is 0 Å². The van der Waals surface area contributed by atoms with E-state index >= 15 is 0 Å². The van der Waals surface area contributed by atoms with Crippen LogP contribution in [0.3, 0.4) is 0 Å². The molecular weight excluding hydrogens is 280 g/mol. The van der Waals surface area contributed by atoms with Crippen molar-refractivity contribution in [3.05, 3.63) is 0 Å². The van der Waals surface area contributed by atoms with E-state index in [0.717, 1.165) is 31.8 Å². The van der Waals surface area contributed by atoms with Gasteiger partial charge in [0.2, 0.25) is 5.96 Å². The van der Waals surface area contributed by atoms with Crippen molar-refractivity contribution < 1.29 is 9.53 Å². The molecule has 1 amide bonds. The minimum absolute atomic E-state index is 0.167. The lowest BCUT2D eigenvalue weighted by molar-refractivity contribution is 0.0264. The van der Waals surface area contributed by atoms with Crippen molar-refractivity contribution in [1.29, 1.82) is 0 Å². The number of piperidine rings is 1. The number of guanidine groups is 1. The molecule has 3 aliphatic rings. The van der Waals surface area contributed by atoms with Crippen LogP contribution in [0.15, 0.2) is 9.98 Å². The van der Waals surface area contributed by atoms with Crippen LogP contribution >= 0.6 is 0 Å². The number of hydrogen-bond acceptors (Lipinski definition) is 5. The Labute approximate surface area is 131 Å². The third kappa shape index (κ3) is 3.42. The summed E-state index contributed by atoms with van der Waals surface area (Å²) in [5, 5.41) is 0. The molecule has 1 saturated heterocycles. The largest absolute Gasteiger partial charge is 0.444 e. The Balaban J connectivity index is 1.40. The molecule has 2 heterocycles. The maximum atomic E-state index is 12.0. The molecule has 0 radical (unpaired) electrons. The normalized spacial score (nSPS) is 33.4. The summed E-state index contributed by atoms with van der Waals surface area (Å²) in [6, 6.07) is 0.292. The van der Waals surface area contributed by atoms with Gasteiger partial charge >= 0.3 is 6.09 Å². The van der Waals surface area contributed by atoms with Gasteiger partial charge < -0.3 is 15.4 Å². The van der Waals surface area contributed by atoms with Gasteiger partial charge in [0.1, 0.15) is 5.60 Å². The molecule has 1 aliphatic carbocycles. The summed E-state index contributed by atoms with van der Waals surface area (Å²) < 4.78 is 5.43. The van der Waals surface area contributed by atoms with Crippen molar-refractivity contribution in [2.24, 2.45) is 33.5 Å². The maximum absolute atomic E-state index is 12.0. The van der Waals surface area contributed by atoms with Crippen LogP contribution in [0.5, 0.6) is 0 Å². The first-order valence-electron chi connectivity index (χ1n) is 8.17. The zero-order chi connectivity index (χ0) is 15.9. The quantitative estimate of drug-likeness (QED) is 0.866. The number of carbonyl (C=O) groups is 1. The van der Waals surface area contributed by atoms with Gasteiger partial charge in [0.25, 0.3) is 0 Å². The number of aliphatic imine (C=N–C) groups is 2. The lowest BCUT2D eigenvalue weighted by Crippen LogP contribution is -2.37. The molecule has 0 bridgehead atoms. The molecule has 4 atom stereocenters. The first-order chi connectivity index (χ1) is 10.3. The van der Waals surface area contributed by atoms with Crippen LogP contribution < -0.4 is 5.73 Å². The number of rotatable bonds is 3. The van der Waals surface area contributed by atoms with E-state index in [1.807, 2.05) is 31.9 Å². The standard InChI is InChI=1S/C16H26N4O2/c1-16(2,3)22-15(21)20-8-12-11(13(12)9-20)5-4-10-6-7-18-14(17)19-10/h7,10-13H,4-6,8-9H2,1-3H3,(H2,17,19)/t10-,11?,12-,13+/m1/s1. The smallest absolute Gasteiger partial charge is 0.410 e. The summed E-state index contributed by atoms with van der Waals surface area (Å²) >= 11 is 0. The van der Waals surface area contributed by atoms with E-state index < -0.39 is 5.60 Å². The highest BCUT2D eigenvalue weighted by Gasteiger charge is 2.56. The van der Waals surface area contributed by atoms with Gasteiger partial charge in [-0.3, -0.25) is 0 Å². The molecule has 0 spiro atoms. The van der Waals surface area contributed by atoms with Crippen molar-refractivity contribution in [2.75, 3.05) is 13.1 Å². The first kappa shape index (κ1) is 15.3. The van der Waals surface area contributed by atoms with Crippen molar-refractivity contribution >= 4 is 18.3 Å². The minimum Gasteiger partial charge on any atom is -0.444 e. The van der Waals surface area contributed by atoms with Crippen LogP contribution in [0.25, 0.3) is 0 Å². The van der Waals surface area contributed by atoms with E-state index in [2.05, 4.69) is 9.98 Å². The lowest BCUT2D eigenvalue weighted by Gasteiger charge is -2.26. The minimum atomic E-state index is -0.413. The molecule has 2 N–H and O–H groups in total. The van der Waals surface area contributed by atoms with Crippen LogP contribution in [-0.2, 0) is 4.74 Å². The number of likely N-dealkylation sites (tertiary alicyclic amines) is 1. The molecule has 2 fully saturated rings. The van der Waals surface area contributed by atoms with E-state index in [-0.39, 0.29) is 6.09 Å². The summed E-state index contributed by atoms with van der Waals surface area (Å²) in [5.41, 5.74) is 5.22. The molecule has 3 rings (SSSR count). The fourth-order valence-corrected chi connectivity index (χ4v) is 3.66. The van der Waals surface area contributed by atoms with Crippen molar-refractivity contribution in [3.8, 4) is 0 Å². The van der Waals surface area contributed by atoms with Crippen molar-refractivity contribution in [1.82, 2.24) is 4.90 Å². The molecule has 22 heavy (non-hydrogen) atoms. The van der Waals surface area contributed by atoms with Gasteiger partial charge in [0.15, 0.2) is 0 Å². The molecule has 0 aromatic carbocycles. The zero-order valence-corrected chi connectivity index (χ0v) is 13.7. The number of carbonyl (C=O) groups excluding carboxylic acids is 1. The second-order valence-corrected chi connectivity index (χ2v) is 7.64. The predicted octanol–water partition coefficient (Wildman–Crippen LogP) is 2.04. The number of amides is 1. The Kier molecular flexibility index (Phi) is 3.87. The Bertz CT molecular complexity index is 497. The van der Waals surface area contributed by atoms with E-state index in [4.69, 9.17) is 10.5 Å². The summed E-state index contributed by atoms with van der Waals surface area (Å²) in [5.74, 6) is 2.47. The fraction of sp³-hybridized carbons (Fsp3) is 0.812. The Morgan fingerprint density at radius 1 is 1.36 bits per heavy atom. The number of fused-ring (bicyclic) bond motifs is 1. The van der Waals surface area contributed by atoms with Crippen LogP contribution in [0.2, 0.25) is 0 Å². The van der Waals surface area contributed by atoms with Gasteiger partial charge in [0, 0.05) is 25.7 Å². The summed E-state index contributed by atoms with van der Waals surface area (Å²) in [4.78, 5) is 22.2. The number of hydrogen-bond donors (Lipinski definition) is 1. The maximum Gasteiger partial charge on any atom is 0.410 e. The Hall–Kier alpha value is -1.59. The fourth-order valence-electron chi connectivity index (χ4n) is 3.66. The van der Waals surface area contributed by atoms with E-state index in [0.29, 0.717) is 23.8 Å². The van der Waals surface area contributed by atoms with E-state index in [1.54, 1.807) is 0 Å². The van der Waals surface area contributed by atoms with Crippen molar-refractivity contribution in [2.45, 2.75) is 51.7 Å². The van der Waals surface area contributed by atoms with Crippen LogP contribution in [0.4, 0.5) is 4.79 Å². The number of ether oxygens (including phenoxy) is 1. The molecule has 1 unspecified atom stereocenters. The van der Waals surface area contributed by atoms with Crippen molar-refractivity contribution in [3.63, 3.8) is 0 Å². The van der Waals surface area contributed by atoms with Gasteiger partial charge in [-0.05, 0) is 51.4 Å². The molecule has 2 aliphatic heterocycles. The van der Waals surface area contributed by atoms with E-state index in [9.17, 15) is 4.79 Å². The summed E-state index contributed by atoms with van der Waals surface area (Å²) in [6.07, 6.45) is 4.83. The van der Waals surface area contributed by atoms with Crippen LogP contribution in [0, 0.1) is 17.8 Å². The highest BCUT2D eigenvalue weighted by Crippen LogP contribution is 2.54. The van der Waals surface area contributed by atoms with Gasteiger partial charge in [-0.1, -0.05) is 0 Å². The molecule has 6 heteroatoms. The third-order valence-corrected chi connectivity index (χ3v) is 4.77. The third-order valence-electron chi connectivity index (χ3n) is 4.77. The monoisotopic (exact) mass is 306 g/mol. The number of nitrogens with zero attached hydrogens (tertiary/aromatic N) is 3.